The number of aryl methyl sites for hydroxylation is 1. The second-order valence-corrected chi connectivity index (χ2v) is 8.91. The number of rotatable bonds is 8. The number of methoxy groups -OCH3 is 1. The van der Waals surface area contributed by atoms with Crippen molar-refractivity contribution in [1.82, 2.24) is 10.6 Å². The average Bonchev–Trinajstić information content (AvgIpc) is 3.41. The van der Waals surface area contributed by atoms with Crippen LogP contribution >= 0.6 is 11.3 Å². The molecular weight excluding hydrogens is 456 g/mol. The van der Waals surface area contributed by atoms with Gasteiger partial charge in [-0.25, -0.2) is 0 Å². The second kappa shape index (κ2) is 11.3. The molecule has 1 atom stereocenters. The summed E-state index contributed by atoms with van der Waals surface area (Å²) in [6, 6.07) is 27.9. The lowest BCUT2D eigenvalue weighted by atomic mass is 9.95. The van der Waals surface area contributed by atoms with Gasteiger partial charge in [0.25, 0.3) is 11.8 Å². The van der Waals surface area contributed by atoms with E-state index in [-0.39, 0.29) is 23.6 Å². The number of hydrogen-bond acceptors (Lipinski definition) is 4. The van der Waals surface area contributed by atoms with Crippen LogP contribution in [0.2, 0.25) is 0 Å². The maximum Gasteiger partial charge on any atom is 0.268 e. The van der Waals surface area contributed by atoms with Crippen molar-refractivity contribution in [3.05, 3.63) is 129 Å². The molecule has 1 heterocycles. The van der Waals surface area contributed by atoms with Crippen LogP contribution < -0.4 is 15.4 Å². The van der Waals surface area contributed by atoms with E-state index in [0.29, 0.717) is 11.3 Å². The van der Waals surface area contributed by atoms with Crippen molar-refractivity contribution in [1.29, 1.82) is 0 Å². The number of hydrogen-bond donors (Lipinski definition) is 2. The molecule has 4 aromatic rings. The summed E-state index contributed by atoms with van der Waals surface area (Å²) in [6.45, 7) is 2.02. The molecule has 3 aromatic carbocycles. The molecule has 6 heteroatoms. The highest BCUT2D eigenvalue weighted by atomic mass is 32.1. The minimum Gasteiger partial charge on any atom is -0.497 e. The average molecular weight is 483 g/mol. The molecule has 176 valence electrons. The van der Waals surface area contributed by atoms with Crippen LogP contribution in [0.4, 0.5) is 0 Å². The van der Waals surface area contributed by atoms with E-state index < -0.39 is 0 Å². The Morgan fingerprint density at radius 2 is 1.60 bits per heavy atom. The SMILES string of the molecule is COc1ccc(C(=O)N/C(=C\c2cccs2)C(=O)NC(c2ccccc2)c2ccccc2C)cc1. The summed E-state index contributed by atoms with van der Waals surface area (Å²) in [4.78, 5) is 27.5. The minimum absolute atomic E-state index is 0.169. The summed E-state index contributed by atoms with van der Waals surface area (Å²) in [6.07, 6.45) is 1.70. The summed E-state index contributed by atoms with van der Waals surface area (Å²) in [5.41, 5.74) is 3.60. The molecule has 2 amide bonds. The number of benzene rings is 3. The summed E-state index contributed by atoms with van der Waals surface area (Å²) in [7, 11) is 1.57. The molecule has 1 aromatic heterocycles. The van der Waals surface area contributed by atoms with Crippen molar-refractivity contribution in [3.63, 3.8) is 0 Å². The zero-order valence-corrected chi connectivity index (χ0v) is 20.3. The molecule has 0 spiro atoms. The molecule has 1 unspecified atom stereocenters. The van der Waals surface area contributed by atoms with Gasteiger partial charge in [-0.2, -0.15) is 0 Å². The van der Waals surface area contributed by atoms with Gasteiger partial charge < -0.3 is 15.4 Å². The van der Waals surface area contributed by atoms with E-state index in [1.807, 2.05) is 79.0 Å². The number of thiophene rings is 1. The van der Waals surface area contributed by atoms with E-state index in [0.717, 1.165) is 21.6 Å². The monoisotopic (exact) mass is 482 g/mol. The van der Waals surface area contributed by atoms with E-state index in [1.165, 1.54) is 11.3 Å². The molecule has 0 saturated heterocycles. The first-order chi connectivity index (χ1) is 17.0. The Morgan fingerprint density at radius 3 is 2.26 bits per heavy atom. The van der Waals surface area contributed by atoms with E-state index in [1.54, 1.807) is 37.5 Å². The zero-order valence-electron chi connectivity index (χ0n) is 19.5. The summed E-state index contributed by atoms with van der Waals surface area (Å²) in [5.74, 6) is -0.104. The minimum atomic E-state index is -0.380. The summed E-state index contributed by atoms with van der Waals surface area (Å²) >= 11 is 1.49. The summed E-state index contributed by atoms with van der Waals surface area (Å²) < 4.78 is 5.17. The van der Waals surface area contributed by atoms with Crippen LogP contribution in [0.1, 0.15) is 38.0 Å². The fourth-order valence-corrected chi connectivity index (χ4v) is 4.37. The van der Waals surface area contributed by atoms with Crippen molar-refractivity contribution < 1.29 is 14.3 Å². The van der Waals surface area contributed by atoms with Gasteiger partial charge in [0.05, 0.1) is 13.2 Å². The lowest BCUT2D eigenvalue weighted by Crippen LogP contribution is -2.37. The predicted octanol–water partition coefficient (Wildman–Crippen LogP) is 5.74. The van der Waals surface area contributed by atoms with Gasteiger partial charge in [0.1, 0.15) is 11.4 Å². The standard InChI is InChI=1S/C29H26N2O3S/c1-20-9-6-7-13-25(20)27(21-10-4-3-5-11-21)31-29(33)26(19-24-12-8-18-35-24)30-28(32)22-14-16-23(34-2)17-15-22/h3-19,27H,1-2H3,(H,30,32)(H,31,33)/b26-19-. The molecule has 5 nitrogen and oxygen atoms in total. The van der Waals surface area contributed by atoms with Crippen LogP contribution in [0, 0.1) is 6.92 Å². The van der Waals surface area contributed by atoms with Gasteiger partial charge in [-0.3, -0.25) is 9.59 Å². The van der Waals surface area contributed by atoms with Crippen molar-refractivity contribution in [2.45, 2.75) is 13.0 Å². The normalized spacial score (nSPS) is 12.0. The van der Waals surface area contributed by atoms with Crippen molar-refractivity contribution >= 4 is 29.2 Å². The third kappa shape index (κ3) is 6.05. The third-order valence-corrected chi connectivity index (χ3v) is 6.40. The van der Waals surface area contributed by atoms with Gasteiger partial charge >= 0.3 is 0 Å². The number of carbonyl (C=O) groups is 2. The van der Waals surface area contributed by atoms with Gasteiger partial charge in [-0.05, 0) is 65.4 Å². The lowest BCUT2D eigenvalue weighted by Gasteiger charge is -2.22. The smallest absolute Gasteiger partial charge is 0.268 e. The summed E-state index contributed by atoms with van der Waals surface area (Å²) in [5, 5.41) is 7.87. The fourth-order valence-electron chi connectivity index (χ4n) is 3.72. The topological polar surface area (TPSA) is 67.4 Å². The van der Waals surface area contributed by atoms with Crippen molar-refractivity contribution in [2.75, 3.05) is 7.11 Å². The fraction of sp³-hybridized carbons (Fsp3) is 0.103. The highest BCUT2D eigenvalue weighted by Gasteiger charge is 2.22. The van der Waals surface area contributed by atoms with E-state index in [4.69, 9.17) is 4.74 Å². The molecule has 0 saturated carbocycles. The van der Waals surface area contributed by atoms with Gasteiger partial charge in [0, 0.05) is 10.4 Å². The Balaban J connectivity index is 1.65. The molecule has 0 bridgehead atoms. The van der Waals surface area contributed by atoms with Crippen LogP contribution in [-0.2, 0) is 4.79 Å². The Labute approximate surface area is 209 Å². The highest BCUT2D eigenvalue weighted by Crippen LogP contribution is 2.25. The van der Waals surface area contributed by atoms with E-state index in [2.05, 4.69) is 10.6 Å². The molecule has 0 aliphatic carbocycles. The Hall–Kier alpha value is -4.16. The van der Waals surface area contributed by atoms with Crippen LogP contribution in [-0.4, -0.2) is 18.9 Å². The van der Waals surface area contributed by atoms with Crippen LogP contribution in [0.3, 0.4) is 0 Å². The maximum atomic E-state index is 13.6. The first-order valence-electron chi connectivity index (χ1n) is 11.2. The number of ether oxygens (including phenoxy) is 1. The molecule has 0 radical (unpaired) electrons. The van der Waals surface area contributed by atoms with Gasteiger partial charge in [-0.15, -0.1) is 11.3 Å². The molecular formula is C29H26N2O3S. The first-order valence-corrected chi connectivity index (χ1v) is 12.0. The number of carbonyl (C=O) groups excluding carboxylic acids is 2. The number of amides is 2. The maximum absolute atomic E-state index is 13.6. The molecule has 0 fully saturated rings. The molecule has 35 heavy (non-hydrogen) atoms. The van der Waals surface area contributed by atoms with Crippen molar-refractivity contribution in [3.8, 4) is 5.75 Å². The molecule has 4 rings (SSSR count). The van der Waals surface area contributed by atoms with Crippen LogP contribution in [0.15, 0.2) is 102 Å². The van der Waals surface area contributed by atoms with Gasteiger partial charge in [0.2, 0.25) is 0 Å². The van der Waals surface area contributed by atoms with Crippen LogP contribution in [0.5, 0.6) is 5.75 Å². The van der Waals surface area contributed by atoms with Gasteiger partial charge in [-0.1, -0.05) is 60.7 Å². The second-order valence-electron chi connectivity index (χ2n) is 7.93. The van der Waals surface area contributed by atoms with Crippen molar-refractivity contribution in [2.24, 2.45) is 0 Å². The van der Waals surface area contributed by atoms with E-state index >= 15 is 0 Å². The molecule has 0 aliphatic heterocycles. The van der Waals surface area contributed by atoms with Crippen LogP contribution in [0.25, 0.3) is 6.08 Å². The van der Waals surface area contributed by atoms with Gasteiger partial charge in [0.15, 0.2) is 0 Å². The Bertz CT molecular complexity index is 1310. The quantitative estimate of drug-likeness (QED) is 0.315. The Kier molecular flexibility index (Phi) is 7.75. The van der Waals surface area contributed by atoms with E-state index in [9.17, 15) is 9.59 Å². The Morgan fingerprint density at radius 1 is 0.886 bits per heavy atom. The first kappa shape index (κ1) is 24.0. The lowest BCUT2D eigenvalue weighted by molar-refractivity contribution is -0.118. The highest BCUT2D eigenvalue weighted by molar-refractivity contribution is 7.10. The predicted molar refractivity (Wildman–Crippen MR) is 140 cm³/mol. The largest absolute Gasteiger partial charge is 0.497 e. The number of nitrogens with one attached hydrogen (secondary N) is 2. The third-order valence-electron chi connectivity index (χ3n) is 5.58. The molecule has 2 N–H and O–H groups in total. The molecule has 0 aliphatic rings. The zero-order chi connectivity index (χ0) is 24.6.